The molecule has 3 aromatic rings. The number of alkyl carbamates (subject to hydrolysis) is 1. The Labute approximate surface area is 201 Å². The summed E-state index contributed by atoms with van der Waals surface area (Å²) in [5.74, 6) is -1.77. The second-order valence-corrected chi connectivity index (χ2v) is 8.08. The largest absolute Gasteiger partial charge is 0.479 e. The first-order valence-electron chi connectivity index (χ1n) is 11.0. The van der Waals surface area contributed by atoms with Gasteiger partial charge in [-0.3, -0.25) is 9.48 Å². The number of rotatable bonds is 9. The number of benzene rings is 2. The summed E-state index contributed by atoms with van der Waals surface area (Å²) >= 11 is 0. The first kappa shape index (κ1) is 24.0. The summed E-state index contributed by atoms with van der Waals surface area (Å²) in [5, 5.41) is 18.3. The van der Waals surface area contributed by atoms with E-state index in [0.717, 1.165) is 22.3 Å². The summed E-state index contributed by atoms with van der Waals surface area (Å²) in [6.07, 6.45) is -0.435. The molecule has 0 bridgehead atoms. The zero-order valence-corrected chi connectivity index (χ0v) is 19.4. The van der Waals surface area contributed by atoms with Gasteiger partial charge in [-0.05, 0) is 22.3 Å². The van der Waals surface area contributed by atoms with E-state index in [4.69, 9.17) is 14.6 Å². The number of nitrogens with one attached hydrogen (secondary N) is 2. The van der Waals surface area contributed by atoms with E-state index in [1.54, 1.807) is 7.05 Å². The third-order valence-electron chi connectivity index (χ3n) is 6.06. The van der Waals surface area contributed by atoms with Gasteiger partial charge in [-0.15, -0.1) is 0 Å². The molecular weight excluding hydrogens is 452 g/mol. The van der Waals surface area contributed by atoms with Crippen LogP contribution in [0.15, 0.2) is 54.7 Å². The second-order valence-electron chi connectivity index (χ2n) is 8.08. The van der Waals surface area contributed by atoms with E-state index in [-0.39, 0.29) is 31.2 Å². The first-order chi connectivity index (χ1) is 16.9. The van der Waals surface area contributed by atoms with Crippen molar-refractivity contribution >= 4 is 18.0 Å². The van der Waals surface area contributed by atoms with Crippen LogP contribution in [0, 0.1) is 0 Å². The molecule has 0 saturated heterocycles. The van der Waals surface area contributed by atoms with E-state index in [9.17, 15) is 14.4 Å². The zero-order chi connectivity index (χ0) is 24.9. The molecule has 1 aromatic heterocycles. The maximum Gasteiger partial charge on any atom is 0.407 e. The van der Waals surface area contributed by atoms with Crippen LogP contribution in [0.3, 0.4) is 0 Å². The summed E-state index contributed by atoms with van der Waals surface area (Å²) in [6, 6.07) is 16.1. The lowest BCUT2D eigenvalue weighted by Crippen LogP contribution is -2.38. The van der Waals surface area contributed by atoms with Crippen molar-refractivity contribution in [3.05, 3.63) is 77.1 Å². The van der Waals surface area contributed by atoms with E-state index in [1.165, 1.54) is 18.0 Å². The number of carbonyl (C=O) groups is 3. The van der Waals surface area contributed by atoms with Gasteiger partial charge < -0.3 is 25.2 Å². The summed E-state index contributed by atoms with van der Waals surface area (Å²) < 4.78 is 11.8. The van der Waals surface area contributed by atoms with Crippen LogP contribution >= 0.6 is 0 Å². The lowest BCUT2D eigenvalue weighted by molar-refractivity contribution is -0.148. The van der Waals surface area contributed by atoms with Crippen LogP contribution in [0.25, 0.3) is 11.1 Å². The van der Waals surface area contributed by atoms with Crippen LogP contribution in [-0.4, -0.2) is 59.2 Å². The van der Waals surface area contributed by atoms with Gasteiger partial charge in [-0.25, -0.2) is 9.59 Å². The molecule has 1 heterocycles. The Morgan fingerprint density at radius 2 is 1.69 bits per heavy atom. The maximum absolute atomic E-state index is 12.5. The molecule has 4 rings (SSSR count). The number of carbonyl (C=O) groups excluding carboxylic acids is 2. The van der Waals surface area contributed by atoms with Gasteiger partial charge in [-0.2, -0.15) is 5.10 Å². The number of hydrogen-bond acceptors (Lipinski definition) is 6. The molecule has 0 fully saturated rings. The average Bonchev–Trinajstić information content (AvgIpc) is 3.39. The molecule has 1 unspecified atom stereocenters. The fraction of sp³-hybridized carbons (Fsp3) is 0.280. The SMILES string of the molecule is COC(CNC(=O)c1cnn(C)c1CNC(=O)OCC1c2ccccc2-c2ccccc21)C(=O)O. The monoisotopic (exact) mass is 478 g/mol. The number of carboxylic acids is 1. The lowest BCUT2D eigenvalue weighted by atomic mass is 9.98. The van der Waals surface area contributed by atoms with Gasteiger partial charge in [-0.1, -0.05) is 48.5 Å². The normalized spacial score (nSPS) is 13.0. The molecule has 1 atom stereocenters. The fourth-order valence-corrected chi connectivity index (χ4v) is 4.22. The van der Waals surface area contributed by atoms with Gasteiger partial charge in [0.25, 0.3) is 5.91 Å². The Kier molecular flexibility index (Phi) is 7.11. The molecule has 2 amide bonds. The molecule has 2 aromatic carbocycles. The molecule has 182 valence electrons. The first-order valence-corrected chi connectivity index (χ1v) is 11.0. The highest BCUT2D eigenvalue weighted by Crippen LogP contribution is 2.44. The summed E-state index contributed by atoms with van der Waals surface area (Å²) in [7, 11) is 2.89. The van der Waals surface area contributed by atoms with Crippen molar-refractivity contribution in [2.24, 2.45) is 7.05 Å². The molecule has 3 N–H and O–H groups in total. The highest BCUT2D eigenvalue weighted by atomic mass is 16.5. The lowest BCUT2D eigenvalue weighted by Gasteiger charge is -2.15. The number of ether oxygens (including phenoxy) is 2. The van der Waals surface area contributed by atoms with E-state index in [0.29, 0.717) is 5.69 Å². The van der Waals surface area contributed by atoms with Crippen molar-refractivity contribution < 1.29 is 29.0 Å². The Balaban J connectivity index is 1.36. The Bertz CT molecular complexity index is 1210. The predicted octanol–water partition coefficient (Wildman–Crippen LogP) is 2.29. The van der Waals surface area contributed by atoms with Crippen LogP contribution in [0.1, 0.15) is 33.1 Å². The smallest absolute Gasteiger partial charge is 0.407 e. The maximum atomic E-state index is 12.5. The van der Waals surface area contributed by atoms with Crippen LogP contribution in [0.2, 0.25) is 0 Å². The summed E-state index contributed by atoms with van der Waals surface area (Å²) in [5.41, 5.74) is 5.17. The minimum Gasteiger partial charge on any atom is -0.479 e. The highest BCUT2D eigenvalue weighted by molar-refractivity contribution is 5.95. The Hall–Kier alpha value is -4.18. The van der Waals surface area contributed by atoms with E-state index in [1.807, 2.05) is 36.4 Å². The van der Waals surface area contributed by atoms with Crippen LogP contribution < -0.4 is 10.6 Å². The van der Waals surface area contributed by atoms with Gasteiger partial charge in [0, 0.05) is 20.1 Å². The van der Waals surface area contributed by atoms with Crippen molar-refractivity contribution in [3.63, 3.8) is 0 Å². The molecule has 10 heteroatoms. The van der Waals surface area contributed by atoms with Crippen molar-refractivity contribution in [1.29, 1.82) is 0 Å². The number of carboxylic acid groups (broad SMARTS) is 1. The molecule has 0 spiro atoms. The number of fused-ring (bicyclic) bond motifs is 3. The van der Waals surface area contributed by atoms with Crippen LogP contribution in [0.4, 0.5) is 4.79 Å². The van der Waals surface area contributed by atoms with Crippen LogP contribution in [0.5, 0.6) is 0 Å². The molecule has 35 heavy (non-hydrogen) atoms. The fourth-order valence-electron chi connectivity index (χ4n) is 4.22. The molecule has 1 aliphatic rings. The standard InChI is InChI=1S/C25H26N4O6/c1-29-21(19(11-28-29)23(30)26-13-22(34-2)24(31)32)12-27-25(33)35-14-20-17-9-5-3-7-15(17)16-8-4-6-10-18(16)20/h3-11,20,22H,12-14H2,1-2H3,(H,26,30)(H,27,33)(H,31,32). The molecule has 0 radical (unpaired) electrons. The Morgan fingerprint density at radius 3 is 2.29 bits per heavy atom. The number of aromatic nitrogens is 2. The van der Waals surface area contributed by atoms with Crippen molar-refractivity contribution in [3.8, 4) is 11.1 Å². The molecular formula is C25H26N4O6. The topological polar surface area (TPSA) is 132 Å². The van der Waals surface area contributed by atoms with Gasteiger partial charge in [0.1, 0.15) is 6.61 Å². The second kappa shape index (κ2) is 10.4. The number of nitrogens with zero attached hydrogens (tertiary/aromatic N) is 2. The van der Waals surface area contributed by atoms with Crippen molar-refractivity contribution in [1.82, 2.24) is 20.4 Å². The van der Waals surface area contributed by atoms with E-state index >= 15 is 0 Å². The number of methoxy groups -OCH3 is 1. The number of amides is 2. The van der Waals surface area contributed by atoms with Gasteiger partial charge in [0.2, 0.25) is 0 Å². The quantitative estimate of drug-likeness (QED) is 0.430. The molecule has 0 saturated carbocycles. The van der Waals surface area contributed by atoms with Crippen molar-refractivity contribution in [2.75, 3.05) is 20.3 Å². The predicted molar refractivity (Wildman–Crippen MR) is 126 cm³/mol. The number of aliphatic carboxylic acids is 1. The zero-order valence-electron chi connectivity index (χ0n) is 19.4. The van der Waals surface area contributed by atoms with Gasteiger partial charge in [0.15, 0.2) is 6.10 Å². The third kappa shape index (κ3) is 5.02. The minimum absolute atomic E-state index is 0.00254. The third-order valence-corrected chi connectivity index (χ3v) is 6.06. The number of aryl methyl sites for hydroxylation is 1. The van der Waals surface area contributed by atoms with E-state index in [2.05, 4.69) is 27.9 Å². The minimum atomic E-state index is -1.18. The summed E-state index contributed by atoms with van der Waals surface area (Å²) in [6.45, 7) is -0.0342. The molecule has 10 nitrogen and oxygen atoms in total. The Morgan fingerprint density at radius 1 is 1.06 bits per heavy atom. The number of hydrogen-bond donors (Lipinski definition) is 3. The van der Waals surface area contributed by atoms with Gasteiger partial charge in [0.05, 0.1) is 30.5 Å². The van der Waals surface area contributed by atoms with E-state index < -0.39 is 24.1 Å². The highest BCUT2D eigenvalue weighted by Gasteiger charge is 2.29. The van der Waals surface area contributed by atoms with Gasteiger partial charge >= 0.3 is 12.1 Å². The molecule has 0 aliphatic heterocycles. The molecule has 1 aliphatic carbocycles. The average molecular weight is 479 g/mol. The van der Waals surface area contributed by atoms with Crippen molar-refractivity contribution in [2.45, 2.75) is 18.6 Å². The summed E-state index contributed by atoms with van der Waals surface area (Å²) in [4.78, 5) is 36.1. The van der Waals surface area contributed by atoms with Crippen LogP contribution in [-0.2, 0) is 27.9 Å².